The third-order valence-corrected chi connectivity index (χ3v) is 6.08. The molecule has 0 fully saturated rings. The maximum Gasteiger partial charge on any atom is 0.446 e. The fraction of sp³-hybridized carbons (Fsp3) is 0.130. The fourth-order valence-electron chi connectivity index (χ4n) is 3.47. The number of benzene rings is 2. The number of pyridine rings is 1. The van der Waals surface area contributed by atoms with E-state index in [2.05, 4.69) is 4.98 Å². The highest BCUT2D eigenvalue weighted by molar-refractivity contribution is 8.00. The molecule has 2 aromatic heterocycles. The van der Waals surface area contributed by atoms with Crippen LogP contribution in [0.2, 0.25) is 5.02 Å². The summed E-state index contributed by atoms with van der Waals surface area (Å²) in [6.07, 6.45) is 3.30. The lowest BCUT2D eigenvalue weighted by atomic mass is 10.0. The normalized spacial score (nSPS) is 11.7. The molecule has 1 N–H and O–H groups in total. The van der Waals surface area contributed by atoms with Crippen LogP contribution in [0.5, 0.6) is 5.88 Å². The van der Waals surface area contributed by atoms with Gasteiger partial charge in [-0.3, -0.25) is 9.55 Å². The molecule has 0 aliphatic carbocycles. The molecular weight excluding hydrogens is 475 g/mol. The number of hydrogen-bond acceptors (Lipinski definition) is 4. The van der Waals surface area contributed by atoms with E-state index in [1.807, 2.05) is 12.1 Å². The first-order chi connectivity index (χ1) is 15.6. The van der Waals surface area contributed by atoms with Gasteiger partial charge in [0.15, 0.2) is 0 Å². The van der Waals surface area contributed by atoms with Crippen LogP contribution in [-0.4, -0.2) is 24.7 Å². The minimum atomic E-state index is -4.41. The molecule has 0 saturated heterocycles. The molecule has 0 unspecified atom stereocenters. The maximum absolute atomic E-state index is 13.2. The summed E-state index contributed by atoms with van der Waals surface area (Å²) in [5, 5.41) is 11.2. The largest absolute Gasteiger partial charge is 0.493 e. The highest BCUT2D eigenvalue weighted by Gasteiger charge is 2.29. The fourth-order valence-corrected chi connectivity index (χ4v) is 4.14. The summed E-state index contributed by atoms with van der Waals surface area (Å²) in [6, 6.07) is 14.2. The van der Waals surface area contributed by atoms with E-state index in [4.69, 9.17) is 11.6 Å². The van der Waals surface area contributed by atoms with Gasteiger partial charge < -0.3 is 5.11 Å². The second-order valence-corrected chi connectivity index (χ2v) is 8.77. The van der Waals surface area contributed by atoms with Gasteiger partial charge in [0, 0.05) is 27.9 Å². The Balaban J connectivity index is 1.71. The molecule has 170 valence electrons. The smallest absolute Gasteiger partial charge is 0.446 e. The molecule has 2 heterocycles. The van der Waals surface area contributed by atoms with Gasteiger partial charge in [-0.1, -0.05) is 23.7 Å². The molecule has 0 bridgehead atoms. The van der Waals surface area contributed by atoms with Crippen LogP contribution < -0.4 is 5.69 Å². The third kappa shape index (κ3) is 4.94. The Morgan fingerprint density at radius 3 is 2.36 bits per heavy atom. The SMILES string of the molecule is Cc1c(O)n(-c2ccc(SC(F)(F)F)cc2)c(=O)n1Cc1ccncc1-c1ccc(Cl)cc1. The molecule has 5 nitrogen and oxygen atoms in total. The van der Waals surface area contributed by atoms with Crippen molar-refractivity contribution in [1.29, 1.82) is 0 Å². The van der Waals surface area contributed by atoms with Gasteiger partial charge in [-0.25, -0.2) is 9.36 Å². The summed E-state index contributed by atoms with van der Waals surface area (Å²) in [7, 11) is 0. The summed E-state index contributed by atoms with van der Waals surface area (Å²) < 4.78 is 40.2. The van der Waals surface area contributed by atoms with E-state index in [1.165, 1.54) is 28.8 Å². The first-order valence-electron chi connectivity index (χ1n) is 9.70. The number of aromatic nitrogens is 3. The van der Waals surface area contributed by atoms with Crippen molar-refractivity contribution in [2.24, 2.45) is 0 Å². The number of aromatic hydroxyl groups is 1. The van der Waals surface area contributed by atoms with Crippen LogP contribution >= 0.6 is 23.4 Å². The molecule has 4 aromatic rings. The summed E-state index contributed by atoms with van der Waals surface area (Å²) >= 11 is 5.74. The molecule has 0 aliphatic rings. The first-order valence-corrected chi connectivity index (χ1v) is 10.9. The Bertz CT molecular complexity index is 1350. The van der Waals surface area contributed by atoms with Gasteiger partial charge in [-0.05, 0) is 72.3 Å². The minimum absolute atomic E-state index is 0.0145. The quantitative estimate of drug-likeness (QED) is 0.346. The molecule has 0 amide bonds. The molecule has 33 heavy (non-hydrogen) atoms. The Morgan fingerprint density at radius 1 is 1.06 bits per heavy atom. The number of thioether (sulfide) groups is 1. The molecule has 0 saturated carbocycles. The van der Waals surface area contributed by atoms with E-state index >= 15 is 0 Å². The van der Waals surface area contributed by atoms with E-state index in [0.717, 1.165) is 21.3 Å². The van der Waals surface area contributed by atoms with Crippen LogP contribution in [-0.2, 0) is 6.54 Å². The van der Waals surface area contributed by atoms with Crippen LogP contribution in [0.3, 0.4) is 0 Å². The molecule has 4 rings (SSSR count). The minimum Gasteiger partial charge on any atom is -0.493 e. The zero-order valence-electron chi connectivity index (χ0n) is 17.2. The number of rotatable bonds is 5. The van der Waals surface area contributed by atoms with Gasteiger partial charge in [0.1, 0.15) is 0 Å². The van der Waals surface area contributed by atoms with E-state index in [-0.39, 0.29) is 34.8 Å². The highest BCUT2D eigenvalue weighted by atomic mass is 35.5. The highest BCUT2D eigenvalue weighted by Crippen LogP contribution is 2.37. The van der Waals surface area contributed by atoms with Gasteiger partial charge >= 0.3 is 11.2 Å². The lowest BCUT2D eigenvalue weighted by molar-refractivity contribution is -0.0328. The Labute approximate surface area is 196 Å². The predicted octanol–water partition coefficient (Wildman–Crippen LogP) is 6.03. The Hall–Kier alpha value is -3.17. The van der Waals surface area contributed by atoms with Crippen molar-refractivity contribution in [2.45, 2.75) is 23.9 Å². The van der Waals surface area contributed by atoms with Crippen molar-refractivity contribution in [2.75, 3.05) is 0 Å². The van der Waals surface area contributed by atoms with Gasteiger partial charge in [0.2, 0.25) is 5.88 Å². The van der Waals surface area contributed by atoms with Gasteiger partial charge in [-0.15, -0.1) is 0 Å². The molecular formula is C23H17ClF3N3O2S. The average molecular weight is 492 g/mol. The van der Waals surface area contributed by atoms with Gasteiger partial charge in [0.05, 0.1) is 17.9 Å². The van der Waals surface area contributed by atoms with Crippen molar-refractivity contribution in [3.05, 3.63) is 93.8 Å². The van der Waals surface area contributed by atoms with E-state index < -0.39 is 11.2 Å². The Kier molecular flexibility index (Phi) is 6.27. The molecule has 10 heteroatoms. The van der Waals surface area contributed by atoms with Crippen LogP contribution in [0.4, 0.5) is 13.2 Å². The predicted molar refractivity (Wildman–Crippen MR) is 122 cm³/mol. The number of hydrogen-bond donors (Lipinski definition) is 1. The standard InChI is InChI=1S/C23H17ClF3N3O2S/c1-14-21(31)30(18-6-8-19(9-7-18)33-23(25,26)27)22(32)29(14)13-16-10-11-28-12-20(16)15-2-4-17(24)5-3-15/h2-12,31H,13H2,1H3. The Morgan fingerprint density at radius 2 is 1.73 bits per heavy atom. The average Bonchev–Trinajstić information content (AvgIpc) is 2.98. The number of halogens is 4. The van der Waals surface area contributed by atoms with Gasteiger partial charge in [0.25, 0.3) is 0 Å². The molecule has 2 aromatic carbocycles. The van der Waals surface area contributed by atoms with Crippen molar-refractivity contribution in [3.8, 4) is 22.7 Å². The zero-order valence-corrected chi connectivity index (χ0v) is 18.7. The van der Waals surface area contributed by atoms with Gasteiger partial charge in [-0.2, -0.15) is 13.2 Å². The molecule has 0 aliphatic heterocycles. The molecule has 0 spiro atoms. The maximum atomic E-state index is 13.2. The summed E-state index contributed by atoms with van der Waals surface area (Å²) in [4.78, 5) is 17.3. The van der Waals surface area contributed by atoms with Crippen LogP contribution in [0.15, 0.2) is 76.7 Å². The summed E-state index contributed by atoms with van der Waals surface area (Å²) in [6.45, 7) is 1.76. The van der Waals surface area contributed by atoms with Crippen LogP contribution in [0.1, 0.15) is 11.3 Å². The summed E-state index contributed by atoms with van der Waals surface area (Å²) in [5.74, 6) is -0.279. The number of nitrogens with zero attached hydrogens (tertiary/aromatic N) is 3. The molecule has 0 radical (unpaired) electrons. The van der Waals surface area contributed by atoms with Crippen LogP contribution in [0, 0.1) is 6.92 Å². The number of alkyl halides is 3. The van der Waals surface area contributed by atoms with Crippen molar-refractivity contribution >= 4 is 23.4 Å². The van der Waals surface area contributed by atoms with Crippen molar-refractivity contribution < 1.29 is 18.3 Å². The van der Waals surface area contributed by atoms with Crippen LogP contribution in [0.25, 0.3) is 16.8 Å². The van der Waals surface area contributed by atoms with E-state index in [1.54, 1.807) is 37.5 Å². The zero-order chi connectivity index (χ0) is 23.8. The van der Waals surface area contributed by atoms with E-state index in [9.17, 15) is 23.1 Å². The lowest BCUT2D eigenvalue weighted by Gasteiger charge is -2.11. The van der Waals surface area contributed by atoms with Crippen molar-refractivity contribution in [1.82, 2.24) is 14.1 Å². The molecule has 0 atom stereocenters. The lowest BCUT2D eigenvalue weighted by Crippen LogP contribution is -2.24. The second kappa shape index (κ2) is 8.99. The van der Waals surface area contributed by atoms with E-state index in [0.29, 0.717) is 10.7 Å². The topological polar surface area (TPSA) is 60.1 Å². The summed E-state index contributed by atoms with van der Waals surface area (Å²) in [5.41, 5.74) is -1.86. The van der Waals surface area contributed by atoms with Crippen molar-refractivity contribution in [3.63, 3.8) is 0 Å². The monoisotopic (exact) mass is 491 g/mol. The second-order valence-electron chi connectivity index (χ2n) is 7.19. The first kappa shape index (κ1) is 23.0. The third-order valence-electron chi connectivity index (χ3n) is 5.09. The number of imidazole rings is 1.